The highest BCUT2D eigenvalue weighted by atomic mass is 35.5. The number of anilines is 1. The molecule has 0 aromatic heterocycles. The largest absolute Gasteiger partial charge is 0.487 e. The summed E-state index contributed by atoms with van der Waals surface area (Å²) in [7, 11) is 3.36. The van der Waals surface area contributed by atoms with Crippen molar-refractivity contribution in [3.05, 3.63) is 62.1 Å². The van der Waals surface area contributed by atoms with Crippen LogP contribution in [0.25, 0.3) is 0 Å². The second kappa shape index (κ2) is 8.73. The van der Waals surface area contributed by atoms with Crippen LogP contribution in [0.1, 0.15) is 10.4 Å². The van der Waals surface area contributed by atoms with Crippen molar-refractivity contribution in [2.24, 2.45) is 0 Å². The summed E-state index contributed by atoms with van der Waals surface area (Å²) < 4.78 is 10.5. The molecule has 26 heavy (non-hydrogen) atoms. The van der Waals surface area contributed by atoms with Crippen LogP contribution in [0, 0.1) is 10.1 Å². The number of halogens is 2. The molecule has 0 amide bonds. The third kappa shape index (κ3) is 4.77. The Hall–Kier alpha value is -2.51. The number of benzene rings is 2. The van der Waals surface area contributed by atoms with Crippen LogP contribution in [0.2, 0.25) is 10.0 Å². The Morgan fingerprint density at radius 1 is 1.15 bits per heavy atom. The van der Waals surface area contributed by atoms with E-state index in [9.17, 15) is 14.9 Å². The van der Waals surface area contributed by atoms with Gasteiger partial charge in [-0.1, -0.05) is 29.3 Å². The minimum atomic E-state index is -0.688. The summed E-state index contributed by atoms with van der Waals surface area (Å²) in [4.78, 5) is 24.3. The van der Waals surface area contributed by atoms with Gasteiger partial charge >= 0.3 is 5.97 Å². The molecule has 0 fully saturated rings. The van der Waals surface area contributed by atoms with E-state index in [4.69, 9.17) is 32.7 Å². The van der Waals surface area contributed by atoms with Gasteiger partial charge in [-0.3, -0.25) is 10.1 Å². The number of hydrogen-bond acceptors (Lipinski definition) is 6. The predicted octanol–water partition coefficient (Wildman–Crippen LogP) is 4.20. The highest BCUT2D eigenvalue weighted by Crippen LogP contribution is 2.32. The third-order valence-corrected chi connectivity index (χ3v) is 3.97. The number of carbonyl (C=O) groups is 1. The SMILES string of the molecule is CN(C)c1ccc(C(=O)OCCOc2c(Cl)cccc2Cl)cc1[N+](=O)[O-]. The van der Waals surface area contributed by atoms with Crippen LogP contribution in [0.4, 0.5) is 11.4 Å². The molecule has 2 aromatic rings. The fourth-order valence-corrected chi connectivity index (χ4v) is 2.66. The van der Waals surface area contributed by atoms with E-state index in [0.29, 0.717) is 21.5 Å². The average Bonchev–Trinajstić information content (AvgIpc) is 2.59. The molecule has 2 aromatic carbocycles. The van der Waals surface area contributed by atoms with Crippen molar-refractivity contribution in [2.75, 3.05) is 32.2 Å². The molecular formula is C17H16Cl2N2O5. The number of ether oxygens (including phenoxy) is 2. The van der Waals surface area contributed by atoms with E-state index in [1.165, 1.54) is 18.2 Å². The first kappa shape index (κ1) is 19.8. The van der Waals surface area contributed by atoms with Crippen LogP contribution in [0.3, 0.4) is 0 Å². The Morgan fingerprint density at radius 3 is 2.38 bits per heavy atom. The van der Waals surface area contributed by atoms with E-state index < -0.39 is 10.9 Å². The fraction of sp³-hybridized carbons (Fsp3) is 0.235. The fourth-order valence-electron chi connectivity index (χ4n) is 2.16. The quantitative estimate of drug-likeness (QED) is 0.300. The van der Waals surface area contributed by atoms with Gasteiger partial charge in [0, 0.05) is 20.2 Å². The Labute approximate surface area is 160 Å². The molecule has 0 aliphatic carbocycles. The summed E-state index contributed by atoms with van der Waals surface area (Å²) in [5.41, 5.74) is 0.296. The smallest absolute Gasteiger partial charge is 0.338 e. The standard InChI is InChI=1S/C17H16Cl2N2O5/c1-20(2)14-7-6-11(10-15(14)21(23)24)17(22)26-9-8-25-16-12(18)4-3-5-13(16)19/h3-7,10H,8-9H2,1-2H3. The monoisotopic (exact) mass is 398 g/mol. The topological polar surface area (TPSA) is 81.9 Å². The molecule has 0 aliphatic heterocycles. The zero-order valence-electron chi connectivity index (χ0n) is 14.1. The van der Waals surface area contributed by atoms with Crippen molar-refractivity contribution in [2.45, 2.75) is 0 Å². The number of nitro groups is 1. The first-order valence-electron chi connectivity index (χ1n) is 7.51. The molecule has 0 spiro atoms. The first-order valence-corrected chi connectivity index (χ1v) is 8.26. The second-order valence-electron chi connectivity index (χ2n) is 5.39. The number of hydrogen-bond donors (Lipinski definition) is 0. The summed E-state index contributed by atoms with van der Waals surface area (Å²) in [5.74, 6) is -0.384. The van der Waals surface area contributed by atoms with Gasteiger partial charge in [0.2, 0.25) is 0 Å². The van der Waals surface area contributed by atoms with Crippen molar-refractivity contribution in [1.29, 1.82) is 0 Å². The number of nitrogens with zero attached hydrogens (tertiary/aromatic N) is 2. The first-order chi connectivity index (χ1) is 12.3. The van der Waals surface area contributed by atoms with Crippen LogP contribution in [0.5, 0.6) is 5.75 Å². The number of nitro benzene ring substituents is 1. The molecule has 0 bridgehead atoms. The summed E-state index contributed by atoms with van der Waals surface area (Å²) in [6, 6.07) is 9.08. The van der Waals surface area contributed by atoms with Gasteiger partial charge in [-0.05, 0) is 24.3 Å². The lowest BCUT2D eigenvalue weighted by Crippen LogP contribution is -2.14. The van der Waals surface area contributed by atoms with Gasteiger partial charge in [-0.25, -0.2) is 4.79 Å². The van der Waals surface area contributed by atoms with Gasteiger partial charge in [0.15, 0.2) is 5.75 Å². The van der Waals surface area contributed by atoms with Crippen LogP contribution in [-0.2, 0) is 4.74 Å². The highest BCUT2D eigenvalue weighted by molar-refractivity contribution is 6.37. The van der Waals surface area contributed by atoms with Gasteiger partial charge in [0.05, 0.1) is 20.5 Å². The lowest BCUT2D eigenvalue weighted by Gasteiger charge is -2.13. The lowest BCUT2D eigenvalue weighted by atomic mass is 10.1. The number of para-hydroxylation sites is 1. The van der Waals surface area contributed by atoms with Crippen molar-refractivity contribution < 1.29 is 19.2 Å². The Kier molecular flexibility index (Phi) is 6.65. The molecule has 9 heteroatoms. The van der Waals surface area contributed by atoms with Gasteiger partial charge in [0.25, 0.3) is 5.69 Å². The van der Waals surface area contributed by atoms with Crippen LogP contribution in [0.15, 0.2) is 36.4 Å². The minimum Gasteiger partial charge on any atom is -0.487 e. The molecule has 0 aliphatic rings. The normalized spacial score (nSPS) is 10.3. The van der Waals surface area contributed by atoms with E-state index in [0.717, 1.165) is 0 Å². The predicted molar refractivity (Wildman–Crippen MR) is 99.7 cm³/mol. The third-order valence-electron chi connectivity index (χ3n) is 3.37. The molecular weight excluding hydrogens is 383 g/mol. The number of carbonyl (C=O) groups excluding carboxylic acids is 1. The maximum atomic E-state index is 12.1. The molecule has 0 saturated heterocycles. The van der Waals surface area contributed by atoms with Gasteiger partial charge in [-0.2, -0.15) is 0 Å². The molecule has 0 radical (unpaired) electrons. The van der Waals surface area contributed by atoms with Crippen molar-refractivity contribution in [3.63, 3.8) is 0 Å². The van der Waals surface area contributed by atoms with Crippen LogP contribution < -0.4 is 9.64 Å². The minimum absolute atomic E-state index is 0.0348. The van der Waals surface area contributed by atoms with Gasteiger partial charge in [0.1, 0.15) is 18.9 Å². The summed E-state index contributed by atoms with van der Waals surface area (Å²) in [5, 5.41) is 11.9. The van der Waals surface area contributed by atoms with Crippen LogP contribution >= 0.6 is 23.2 Å². The lowest BCUT2D eigenvalue weighted by molar-refractivity contribution is -0.384. The molecule has 0 N–H and O–H groups in total. The van der Waals surface area contributed by atoms with Crippen molar-refractivity contribution in [3.8, 4) is 5.75 Å². The Balaban J connectivity index is 1.98. The summed E-state index contributed by atoms with van der Waals surface area (Å²) in [6.07, 6.45) is 0. The molecule has 138 valence electrons. The van der Waals surface area contributed by atoms with Crippen LogP contribution in [-0.4, -0.2) is 38.2 Å². The van der Waals surface area contributed by atoms with E-state index in [2.05, 4.69) is 0 Å². The number of esters is 1. The maximum absolute atomic E-state index is 12.1. The van der Waals surface area contributed by atoms with E-state index >= 15 is 0 Å². The second-order valence-corrected chi connectivity index (χ2v) is 6.20. The highest BCUT2D eigenvalue weighted by Gasteiger charge is 2.19. The van der Waals surface area contributed by atoms with E-state index in [-0.39, 0.29) is 24.5 Å². The molecule has 2 rings (SSSR count). The number of rotatable bonds is 7. The molecule has 0 saturated carbocycles. The Bertz CT molecular complexity index is 807. The van der Waals surface area contributed by atoms with Gasteiger partial charge < -0.3 is 14.4 Å². The summed E-state index contributed by atoms with van der Waals surface area (Å²) >= 11 is 11.9. The average molecular weight is 399 g/mol. The van der Waals surface area contributed by atoms with E-state index in [1.54, 1.807) is 37.2 Å². The maximum Gasteiger partial charge on any atom is 0.338 e. The summed E-state index contributed by atoms with van der Waals surface area (Å²) in [6.45, 7) is -0.0311. The van der Waals surface area contributed by atoms with Gasteiger partial charge in [-0.15, -0.1) is 0 Å². The zero-order valence-corrected chi connectivity index (χ0v) is 15.6. The van der Waals surface area contributed by atoms with E-state index in [1.807, 2.05) is 0 Å². The Morgan fingerprint density at radius 2 is 1.81 bits per heavy atom. The van der Waals surface area contributed by atoms with Crippen molar-refractivity contribution in [1.82, 2.24) is 0 Å². The zero-order chi connectivity index (χ0) is 19.3. The molecule has 7 nitrogen and oxygen atoms in total. The molecule has 0 unspecified atom stereocenters. The van der Waals surface area contributed by atoms with Crippen molar-refractivity contribution >= 4 is 40.5 Å². The molecule has 0 heterocycles. The molecule has 0 atom stereocenters.